The van der Waals surface area contributed by atoms with Crippen molar-refractivity contribution in [2.75, 3.05) is 26.4 Å². The zero-order valence-electron chi connectivity index (χ0n) is 33.7. The van der Waals surface area contributed by atoms with E-state index in [2.05, 4.69) is 21.3 Å². The van der Waals surface area contributed by atoms with Gasteiger partial charge >= 0.3 is 6.03 Å². The number of hydrogen-bond donors (Lipinski definition) is 4. The molecule has 1 aromatic rings. The van der Waals surface area contributed by atoms with Crippen LogP contribution in [-0.4, -0.2) is 111 Å². The molecule has 1 aromatic carbocycles. The number of carbonyl (C=O) groups excluding carboxylic acids is 4. The Hall–Kier alpha value is -3.37. The van der Waals surface area contributed by atoms with Crippen molar-refractivity contribution in [2.24, 2.45) is 10.8 Å². The summed E-state index contributed by atoms with van der Waals surface area (Å²) in [4.78, 5) is 56.1. The van der Waals surface area contributed by atoms with E-state index in [1.54, 1.807) is 27.7 Å². The highest BCUT2D eigenvalue weighted by Gasteiger charge is 2.40. The first kappa shape index (κ1) is 46.8. The van der Waals surface area contributed by atoms with Crippen molar-refractivity contribution in [2.45, 2.75) is 143 Å². The van der Waals surface area contributed by atoms with Crippen LogP contribution in [0.15, 0.2) is 30.3 Å². The van der Waals surface area contributed by atoms with E-state index in [1.807, 2.05) is 51.1 Å². The standard InChI is InChI=1S/C38H64F2N6O7S/c1-11-21-46(35(49)32(38(6,7)8)44-36(50)43-30(37(3,4)5)23-45(9)54(10,51)52)25(2)33(47)42-28(22-31(39)40)34(48)41-27-19-15-16-20-29(27)53-24-26-17-13-12-14-18-26/h12-14,17-18,25,27-32H,11,15-16,19-24H2,1-10H3,(H,41,48)(H,42,47)(H2,43,44,50)/t25-,27-,28-,29-,30+,32+/m0/s1. The smallest absolute Gasteiger partial charge is 0.315 e. The zero-order valence-corrected chi connectivity index (χ0v) is 34.5. The molecule has 0 saturated heterocycles. The molecule has 4 N–H and O–H groups in total. The fourth-order valence-electron chi connectivity index (χ4n) is 6.18. The average Bonchev–Trinajstić information content (AvgIpc) is 3.06. The maximum Gasteiger partial charge on any atom is 0.315 e. The predicted molar refractivity (Wildman–Crippen MR) is 205 cm³/mol. The molecule has 0 unspecified atom stereocenters. The molecule has 16 heteroatoms. The summed E-state index contributed by atoms with van der Waals surface area (Å²) in [7, 11) is -2.13. The summed E-state index contributed by atoms with van der Waals surface area (Å²) < 4.78 is 59.1. The highest BCUT2D eigenvalue weighted by atomic mass is 32.2. The van der Waals surface area contributed by atoms with Gasteiger partial charge < -0.3 is 30.9 Å². The van der Waals surface area contributed by atoms with Crippen molar-refractivity contribution >= 4 is 33.8 Å². The molecule has 308 valence electrons. The van der Waals surface area contributed by atoms with Crippen LogP contribution < -0.4 is 21.3 Å². The minimum Gasteiger partial charge on any atom is -0.371 e. The molecule has 0 heterocycles. The summed E-state index contributed by atoms with van der Waals surface area (Å²) in [6.45, 7) is 14.4. The number of rotatable bonds is 18. The fraction of sp³-hybridized carbons (Fsp3) is 0.737. The Morgan fingerprint density at radius 1 is 0.926 bits per heavy atom. The zero-order chi connectivity index (χ0) is 41.0. The van der Waals surface area contributed by atoms with E-state index in [0.29, 0.717) is 25.9 Å². The lowest BCUT2D eigenvalue weighted by molar-refractivity contribution is -0.144. The van der Waals surface area contributed by atoms with Gasteiger partial charge in [-0.25, -0.2) is 26.3 Å². The second kappa shape index (κ2) is 20.5. The van der Waals surface area contributed by atoms with Crippen LogP contribution >= 0.6 is 0 Å². The Balaban J connectivity index is 2.23. The Bertz CT molecular complexity index is 1490. The van der Waals surface area contributed by atoms with Crippen molar-refractivity contribution in [3.8, 4) is 0 Å². The van der Waals surface area contributed by atoms with Crippen molar-refractivity contribution in [3.05, 3.63) is 35.9 Å². The number of nitrogens with zero attached hydrogens (tertiary/aromatic N) is 2. The summed E-state index contributed by atoms with van der Waals surface area (Å²) in [5.41, 5.74) is -0.451. The molecule has 13 nitrogen and oxygen atoms in total. The number of halogens is 2. The van der Waals surface area contributed by atoms with E-state index in [1.165, 1.54) is 18.9 Å². The third-order valence-corrected chi connectivity index (χ3v) is 11.0. The van der Waals surface area contributed by atoms with E-state index in [0.717, 1.165) is 29.0 Å². The lowest BCUT2D eigenvalue weighted by atomic mass is 9.85. The normalized spacial score (nSPS) is 19.0. The van der Waals surface area contributed by atoms with Gasteiger partial charge in [0.2, 0.25) is 34.2 Å². The maximum atomic E-state index is 14.2. The van der Waals surface area contributed by atoms with E-state index in [4.69, 9.17) is 4.74 Å². The Morgan fingerprint density at radius 2 is 1.54 bits per heavy atom. The molecule has 0 spiro atoms. The van der Waals surface area contributed by atoms with Crippen LogP contribution in [0.2, 0.25) is 0 Å². The molecule has 0 bridgehead atoms. The number of nitrogens with one attached hydrogen (secondary N) is 4. The quantitative estimate of drug-likeness (QED) is 0.171. The molecule has 6 atom stereocenters. The molecule has 1 aliphatic carbocycles. The molecule has 5 amide bonds. The van der Waals surface area contributed by atoms with E-state index in [-0.39, 0.29) is 19.2 Å². The van der Waals surface area contributed by atoms with E-state index >= 15 is 0 Å². The van der Waals surface area contributed by atoms with Gasteiger partial charge in [-0.05, 0) is 42.6 Å². The van der Waals surface area contributed by atoms with Crippen LogP contribution in [0.3, 0.4) is 0 Å². The highest BCUT2D eigenvalue weighted by Crippen LogP contribution is 2.25. The average molecular weight is 787 g/mol. The van der Waals surface area contributed by atoms with Gasteiger partial charge in [-0.2, -0.15) is 0 Å². The minimum atomic E-state index is -3.54. The third-order valence-electron chi connectivity index (χ3n) is 9.72. The monoisotopic (exact) mass is 786 g/mol. The second-order valence-corrected chi connectivity index (χ2v) is 18.6. The van der Waals surface area contributed by atoms with Crippen molar-refractivity contribution in [1.29, 1.82) is 0 Å². The topological polar surface area (TPSA) is 166 Å². The van der Waals surface area contributed by atoms with E-state index < -0.39 is 87.7 Å². The first-order chi connectivity index (χ1) is 24.9. The first-order valence-corrected chi connectivity index (χ1v) is 20.6. The number of sulfonamides is 1. The van der Waals surface area contributed by atoms with E-state index in [9.17, 15) is 36.4 Å². The first-order valence-electron chi connectivity index (χ1n) is 18.8. The Morgan fingerprint density at radius 3 is 2.07 bits per heavy atom. The second-order valence-electron chi connectivity index (χ2n) is 16.5. The number of amides is 5. The fourth-order valence-corrected chi connectivity index (χ4v) is 6.60. The molecular weight excluding hydrogens is 723 g/mol. The van der Waals surface area contributed by atoms with Gasteiger partial charge in [0.05, 0.1) is 25.0 Å². The molecule has 2 rings (SSSR count). The minimum absolute atomic E-state index is 0.0154. The predicted octanol–water partition coefficient (Wildman–Crippen LogP) is 4.42. The van der Waals surface area contributed by atoms with Crippen LogP contribution in [0, 0.1) is 10.8 Å². The summed E-state index contributed by atoms with van der Waals surface area (Å²) in [5.74, 6) is -2.14. The number of hydrogen-bond acceptors (Lipinski definition) is 7. The third kappa shape index (κ3) is 15.0. The molecule has 54 heavy (non-hydrogen) atoms. The number of carbonyl (C=O) groups is 4. The van der Waals surface area contributed by atoms with Gasteiger partial charge in [-0.1, -0.05) is 91.6 Å². The van der Waals surface area contributed by atoms with Crippen LogP contribution in [-0.2, 0) is 35.8 Å². The maximum absolute atomic E-state index is 14.2. The van der Waals surface area contributed by atoms with Gasteiger partial charge in [0.15, 0.2) is 0 Å². The number of alkyl halides is 2. The SMILES string of the molecule is CCCN(C(=O)[C@@H](NC(=O)N[C@H](CN(C)S(C)(=O)=O)C(C)(C)C)C(C)(C)C)[C@@H](C)C(=O)N[C@@H](CC(F)F)C(=O)N[C@H]1CCCC[C@@H]1OCc1ccccc1. The number of likely N-dealkylation sites (N-methyl/N-ethyl adjacent to an activating group) is 1. The molecule has 0 aliphatic heterocycles. The van der Waals surface area contributed by atoms with Crippen molar-refractivity contribution in [1.82, 2.24) is 30.5 Å². The number of urea groups is 1. The Kier molecular flexibility index (Phi) is 17.8. The van der Waals surface area contributed by atoms with Gasteiger partial charge in [0, 0.05) is 32.6 Å². The largest absolute Gasteiger partial charge is 0.371 e. The molecule has 0 aromatic heterocycles. The summed E-state index contributed by atoms with van der Waals surface area (Å²) in [6, 6.07) is 3.87. The van der Waals surface area contributed by atoms with Crippen LogP contribution in [0.4, 0.5) is 13.6 Å². The van der Waals surface area contributed by atoms with Crippen molar-refractivity contribution in [3.63, 3.8) is 0 Å². The summed E-state index contributed by atoms with van der Waals surface area (Å²) in [6.07, 6.45) is 0.337. The number of ether oxygens (including phenoxy) is 1. The van der Waals surface area contributed by atoms with Gasteiger partial charge in [-0.3, -0.25) is 14.4 Å². The van der Waals surface area contributed by atoms with Crippen LogP contribution in [0.25, 0.3) is 0 Å². The van der Waals surface area contributed by atoms with Gasteiger partial charge in [0.25, 0.3) is 0 Å². The lowest BCUT2D eigenvalue weighted by Gasteiger charge is -2.39. The molecular formula is C38H64F2N6O7S. The molecule has 1 fully saturated rings. The van der Waals surface area contributed by atoms with Gasteiger partial charge in [-0.15, -0.1) is 0 Å². The molecule has 1 aliphatic rings. The van der Waals surface area contributed by atoms with Crippen molar-refractivity contribution < 1.29 is 41.1 Å². The van der Waals surface area contributed by atoms with Crippen LogP contribution in [0.5, 0.6) is 0 Å². The van der Waals surface area contributed by atoms with Crippen LogP contribution in [0.1, 0.15) is 99.5 Å². The highest BCUT2D eigenvalue weighted by molar-refractivity contribution is 7.88. The molecule has 1 saturated carbocycles. The Labute approximate surface area is 321 Å². The summed E-state index contributed by atoms with van der Waals surface area (Å²) >= 11 is 0. The summed E-state index contributed by atoms with van der Waals surface area (Å²) in [5, 5.41) is 10.9. The van der Waals surface area contributed by atoms with Gasteiger partial charge in [0.1, 0.15) is 18.1 Å². The molecule has 0 radical (unpaired) electrons. The lowest BCUT2D eigenvalue weighted by Crippen LogP contribution is -2.62. The number of benzene rings is 1.